The number of hydrogen-bond acceptors (Lipinski definition) is 9. The van der Waals surface area contributed by atoms with Gasteiger partial charge in [-0.25, -0.2) is 4.57 Å². The smallest absolute Gasteiger partial charge is 0.462 e. The lowest BCUT2D eigenvalue weighted by atomic mass is 10.0. The number of ether oxygens (including phenoxy) is 3. The van der Waals surface area contributed by atoms with Gasteiger partial charge in [0.05, 0.1) is 27.7 Å². The molecule has 0 aromatic rings. The SMILES string of the molecule is CCCCCCCCCCCCCCCC(=O)OCC(COP(=O)(O)OCC[N+](C)(C)C)OC(=O)CCCCCCCC(CCCCCCCCC)OC(=O)CCCCCCCCCCCCCCC. The number of likely N-dealkylation sites (N-methyl/N-ethyl adjacent to an activating group) is 1. The average molecular weight is 1020 g/mol. The third-order valence-corrected chi connectivity index (χ3v) is 14.5. The first-order valence-electron chi connectivity index (χ1n) is 29.8. The summed E-state index contributed by atoms with van der Waals surface area (Å²) < 4.78 is 40.8. The molecule has 0 radical (unpaired) electrons. The molecule has 0 spiro atoms. The van der Waals surface area contributed by atoms with E-state index in [0.717, 1.165) is 77.0 Å². The lowest BCUT2D eigenvalue weighted by molar-refractivity contribution is -0.870. The maximum atomic E-state index is 13.0. The van der Waals surface area contributed by atoms with Crippen molar-refractivity contribution in [3.63, 3.8) is 0 Å². The van der Waals surface area contributed by atoms with Crippen molar-refractivity contribution in [1.82, 2.24) is 0 Å². The summed E-state index contributed by atoms with van der Waals surface area (Å²) in [5.41, 5.74) is 0. The molecule has 0 aromatic carbocycles. The van der Waals surface area contributed by atoms with E-state index in [1.54, 1.807) is 0 Å². The fraction of sp³-hybridized carbons (Fsp3) is 0.948. The lowest BCUT2D eigenvalue weighted by Crippen LogP contribution is -2.37. The lowest BCUT2D eigenvalue weighted by Gasteiger charge is -2.24. The van der Waals surface area contributed by atoms with Gasteiger partial charge in [0, 0.05) is 19.3 Å². The van der Waals surface area contributed by atoms with Crippen molar-refractivity contribution in [2.45, 2.75) is 309 Å². The number of esters is 3. The van der Waals surface area contributed by atoms with Gasteiger partial charge in [-0.1, -0.05) is 233 Å². The van der Waals surface area contributed by atoms with Gasteiger partial charge in [0.25, 0.3) is 0 Å². The maximum absolute atomic E-state index is 13.0. The molecule has 0 saturated heterocycles. The molecule has 0 aliphatic rings. The Labute approximate surface area is 432 Å². The highest BCUT2D eigenvalue weighted by atomic mass is 31.2. The van der Waals surface area contributed by atoms with Crippen LogP contribution in [-0.4, -0.2) is 87.0 Å². The molecule has 0 bridgehead atoms. The predicted octanol–water partition coefficient (Wildman–Crippen LogP) is 17.0. The second-order valence-electron chi connectivity index (χ2n) is 21.7. The van der Waals surface area contributed by atoms with E-state index in [9.17, 15) is 23.8 Å². The summed E-state index contributed by atoms with van der Waals surface area (Å²) in [6.07, 6.45) is 47.3. The molecule has 416 valence electrons. The number of phosphoric acid groups is 1. The summed E-state index contributed by atoms with van der Waals surface area (Å²) in [5, 5.41) is 0. The van der Waals surface area contributed by atoms with Crippen LogP contribution in [0.2, 0.25) is 0 Å². The average Bonchev–Trinajstić information content (AvgIpc) is 3.31. The first-order chi connectivity index (χ1) is 33.8. The molecule has 0 aliphatic carbocycles. The highest BCUT2D eigenvalue weighted by Crippen LogP contribution is 2.43. The van der Waals surface area contributed by atoms with E-state index >= 15 is 0 Å². The molecular formula is C58H115NO10P+. The minimum absolute atomic E-state index is 0.0143. The summed E-state index contributed by atoms with van der Waals surface area (Å²) in [6.45, 7) is 6.59. The zero-order chi connectivity index (χ0) is 51.7. The standard InChI is InChI=1S/C58H114NO10P/c1-7-10-13-16-19-21-23-25-27-29-32-37-42-47-56(60)65-52-55(53-67-70(63,64)66-51-50-59(4,5)6)69-58(62)49-44-39-34-36-41-46-54(45-40-35-31-18-15-12-9-3)68-57(61)48-43-38-33-30-28-26-24-22-20-17-14-11-8-2/h54-55H,7-53H2,1-6H3/p+1. The molecule has 1 N–H and O–H groups in total. The molecular weight excluding hydrogens is 902 g/mol. The van der Waals surface area contributed by atoms with Crippen LogP contribution in [0.15, 0.2) is 0 Å². The summed E-state index contributed by atoms with van der Waals surface area (Å²) in [4.78, 5) is 48.8. The van der Waals surface area contributed by atoms with E-state index in [1.165, 1.54) is 173 Å². The van der Waals surface area contributed by atoms with Gasteiger partial charge >= 0.3 is 25.7 Å². The van der Waals surface area contributed by atoms with Crippen molar-refractivity contribution >= 4 is 25.7 Å². The van der Waals surface area contributed by atoms with Crippen molar-refractivity contribution in [2.75, 3.05) is 47.5 Å². The Kier molecular flexibility index (Phi) is 48.6. The summed E-state index contributed by atoms with van der Waals surface area (Å²) >= 11 is 0. The predicted molar refractivity (Wildman–Crippen MR) is 291 cm³/mol. The maximum Gasteiger partial charge on any atom is 0.472 e. The van der Waals surface area contributed by atoms with Crippen LogP contribution >= 0.6 is 7.82 Å². The third kappa shape index (κ3) is 51.4. The van der Waals surface area contributed by atoms with Gasteiger partial charge in [-0.05, 0) is 44.9 Å². The summed E-state index contributed by atoms with van der Waals surface area (Å²) in [7, 11) is 1.42. The van der Waals surface area contributed by atoms with E-state index in [4.69, 9.17) is 23.3 Å². The van der Waals surface area contributed by atoms with Gasteiger partial charge in [0.15, 0.2) is 6.10 Å². The monoisotopic (exact) mass is 1020 g/mol. The topological polar surface area (TPSA) is 135 Å². The van der Waals surface area contributed by atoms with Crippen LogP contribution in [0.4, 0.5) is 0 Å². The van der Waals surface area contributed by atoms with Crippen LogP contribution < -0.4 is 0 Å². The van der Waals surface area contributed by atoms with Crippen molar-refractivity contribution in [3.8, 4) is 0 Å². The number of unbranched alkanes of at least 4 members (excludes halogenated alkanes) is 34. The number of phosphoric ester groups is 1. The Morgan fingerprint density at radius 2 is 0.700 bits per heavy atom. The Bertz CT molecular complexity index is 1230. The van der Waals surface area contributed by atoms with E-state index in [-0.39, 0.29) is 44.1 Å². The molecule has 12 heteroatoms. The molecule has 0 rings (SSSR count). The number of hydrogen-bond donors (Lipinski definition) is 1. The Morgan fingerprint density at radius 3 is 1.04 bits per heavy atom. The Hall–Kier alpha value is -1.52. The number of quaternary nitrogens is 1. The molecule has 0 heterocycles. The van der Waals surface area contributed by atoms with Crippen LogP contribution in [0.5, 0.6) is 0 Å². The van der Waals surface area contributed by atoms with Crippen LogP contribution in [-0.2, 0) is 42.2 Å². The van der Waals surface area contributed by atoms with Crippen LogP contribution in [0, 0.1) is 0 Å². The van der Waals surface area contributed by atoms with E-state index in [1.807, 2.05) is 21.1 Å². The number of carbonyl (C=O) groups excluding carboxylic acids is 3. The number of nitrogens with zero attached hydrogens (tertiary/aromatic N) is 1. The molecule has 3 atom stereocenters. The van der Waals surface area contributed by atoms with Crippen molar-refractivity contribution in [2.24, 2.45) is 0 Å². The fourth-order valence-electron chi connectivity index (χ4n) is 8.85. The Morgan fingerprint density at radius 1 is 0.400 bits per heavy atom. The molecule has 3 unspecified atom stereocenters. The quantitative estimate of drug-likeness (QED) is 0.0206. The minimum atomic E-state index is -4.42. The Balaban J connectivity index is 4.74. The van der Waals surface area contributed by atoms with Gasteiger partial charge in [0.1, 0.15) is 25.9 Å². The van der Waals surface area contributed by atoms with Crippen LogP contribution in [0.1, 0.15) is 297 Å². The van der Waals surface area contributed by atoms with Gasteiger partial charge in [-0.3, -0.25) is 23.4 Å². The van der Waals surface area contributed by atoms with E-state index in [2.05, 4.69) is 20.8 Å². The number of carbonyl (C=O) groups is 3. The minimum Gasteiger partial charge on any atom is -0.462 e. The molecule has 0 amide bonds. The second-order valence-corrected chi connectivity index (χ2v) is 23.2. The molecule has 0 saturated carbocycles. The van der Waals surface area contributed by atoms with E-state index < -0.39 is 26.5 Å². The molecule has 0 aliphatic heterocycles. The first kappa shape index (κ1) is 68.5. The zero-order valence-electron chi connectivity index (χ0n) is 46.9. The zero-order valence-corrected chi connectivity index (χ0v) is 47.8. The molecule has 70 heavy (non-hydrogen) atoms. The van der Waals surface area contributed by atoms with Crippen molar-refractivity contribution < 1.29 is 51.6 Å². The van der Waals surface area contributed by atoms with Gasteiger partial charge in [0.2, 0.25) is 0 Å². The van der Waals surface area contributed by atoms with Gasteiger partial charge in [-0.15, -0.1) is 0 Å². The normalized spacial score (nSPS) is 13.5. The third-order valence-electron chi connectivity index (χ3n) is 13.5. The van der Waals surface area contributed by atoms with Crippen LogP contribution in [0.25, 0.3) is 0 Å². The van der Waals surface area contributed by atoms with Gasteiger partial charge < -0.3 is 23.6 Å². The highest BCUT2D eigenvalue weighted by molar-refractivity contribution is 7.47. The van der Waals surface area contributed by atoms with Crippen LogP contribution in [0.3, 0.4) is 0 Å². The molecule has 11 nitrogen and oxygen atoms in total. The van der Waals surface area contributed by atoms with Crippen molar-refractivity contribution in [1.29, 1.82) is 0 Å². The summed E-state index contributed by atoms with van der Waals surface area (Å²) in [5.74, 6) is -0.897. The number of rotatable bonds is 55. The summed E-state index contributed by atoms with van der Waals surface area (Å²) in [6, 6.07) is 0. The van der Waals surface area contributed by atoms with Gasteiger partial charge in [-0.2, -0.15) is 0 Å². The van der Waals surface area contributed by atoms with Crippen molar-refractivity contribution in [3.05, 3.63) is 0 Å². The second kappa shape index (κ2) is 49.7. The fourth-order valence-corrected chi connectivity index (χ4v) is 9.59. The molecule has 0 aromatic heterocycles. The molecule has 0 fully saturated rings. The largest absolute Gasteiger partial charge is 0.472 e. The first-order valence-corrected chi connectivity index (χ1v) is 31.3. The highest BCUT2D eigenvalue weighted by Gasteiger charge is 2.27. The van der Waals surface area contributed by atoms with E-state index in [0.29, 0.717) is 23.9 Å².